The molecule has 5 heteroatoms. The van der Waals surface area contributed by atoms with Crippen molar-refractivity contribution in [3.8, 4) is 0 Å². The van der Waals surface area contributed by atoms with Crippen molar-refractivity contribution < 1.29 is 9.90 Å². The van der Waals surface area contributed by atoms with E-state index in [1.54, 1.807) is 0 Å². The second kappa shape index (κ2) is 2.83. The van der Waals surface area contributed by atoms with E-state index in [1.807, 2.05) is 0 Å². The van der Waals surface area contributed by atoms with E-state index in [9.17, 15) is 4.79 Å². The van der Waals surface area contributed by atoms with Crippen LogP contribution in [0.5, 0.6) is 0 Å². The quantitative estimate of drug-likeness (QED) is 0.638. The zero-order valence-electron chi connectivity index (χ0n) is 5.42. The number of dihydropyridines is 1. The van der Waals surface area contributed by atoms with E-state index in [4.69, 9.17) is 28.3 Å². The van der Waals surface area contributed by atoms with Gasteiger partial charge in [0.05, 0.1) is 12.1 Å². The molecule has 0 unspecified atom stereocenters. The predicted molar refractivity (Wildman–Crippen MR) is 43.5 cm³/mol. The van der Waals surface area contributed by atoms with Gasteiger partial charge in [-0.25, -0.2) is 4.79 Å². The topological polar surface area (TPSA) is 49.7 Å². The minimum atomic E-state index is -1.16. The van der Waals surface area contributed by atoms with Gasteiger partial charge >= 0.3 is 5.97 Å². The van der Waals surface area contributed by atoms with Crippen molar-refractivity contribution in [3.05, 3.63) is 11.6 Å². The van der Waals surface area contributed by atoms with Crippen LogP contribution in [0.4, 0.5) is 0 Å². The Balaban J connectivity index is 2.89. The average molecular weight is 194 g/mol. The van der Waals surface area contributed by atoms with Crippen molar-refractivity contribution in [3.63, 3.8) is 0 Å². The Morgan fingerprint density at radius 1 is 1.73 bits per heavy atom. The van der Waals surface area contributed by atoms with Crippen LogP contribution in [0.25, 0.3) is 0 Å². The zero-order chi connectivity index (χ0) is 8.48. The fourth-order valence-electron chi connectivity index (χ4n) is 0.693. The Hall–Kier alpha value is -0.540. The van der Waals surface area contributed by atoms with E-state index >= 15 is 0 Å². The molecule has 11 heavy (non-hydrogen) atoms. The van der Waals surface area contributed by atoms with Gasteiger partial charge in [-0.15, -0.1) is 0 Å². The van der Waals surface area contributed by atoms with Gasteiger partial charge in [-0.2, -0.15) is 0 Å². The van der Waals surface area contributed by atoms with Crippen LogP contribution in [0.1, 0.15) is 0 Å². The maximum atomic E-state index is 10.4. The summed E-state index contributed by atoms with van der Waals surface area (Å²) in [4.78, 5) is 14.1. The zero-order valence-corrected chi connectivity index (χ0v) is 6.93. The SMILES string of the molecule is O=C(O)C1=CC(Cl)(Cl)CN=C1. The summed E-state index contributed by atoms with van der Waals surface area (Å²) in [7, 11) is 0. The highest BCUT2D eigenvalue weighted by atomic mass is 35.5. The lowest BCUT2D eigenvalue weighted by atomic mass is 10.2. The normalized spacial score (nSPS) is 21.1. The Labute approximate surface area is 73.3 Å². The molecule has 0 bridgehead atoms. The number of hydrogen-bond donors (Lipinski definition) is 1. The molecule has 0 amide bonds. The molecule has 1 heterocycles. The van der Waals surface area contributed by atoms with E-state index < -0.39 is 10.3 Å². The first-order valence-corrected chi connectivity index (χ1v) is 3.61. The maximum Gasteiger partial charge on any atom is 0.337 e. The lowest BCUT2D eigenvalue weighted by Crippen LogP contribution is -2.21. The smallest absolute Gasteiger partial charge is 0.337 e. The molecule has 0 spiro atoms. The standard InChI is InChI=1S/C6H5Cl2NO2/c7-6(8)1-4(5(10)11)2-9-3-6/h1-2H,3H2,(H,10,11). The number of aliphatic imine (C=N–C) groups is 1. The molecule has 0 atom stereocenters. The summed E-state index contributed by atoms with van der Waals surface area (Å²) in [5.74, 6) is -1.07. The van der Waals surface area contributed by atoms with Crippen molar-refractivity contribution in [1.82, 2.24) is 0 Å². The van der Waals surface area contributed by atoms with Gasteiger partial charge in [-0.3, -0.25) is 4.99 Å². The first-order valence-electron chi connectivity index (χ1n) is 2.85. The Kier molecular flexibility index (Phi) is 2.20. The van der Waals surface area contributed by atoms with Crippen LogP contribution >= 0.6 is 23.2 Å². The summed E-state index contributed by atoms with van der Waals surface area (Å²) in [6.07, 6.45) is 2.51. The second-order valence-corrected chi connectivity index (χ2v) is 3.68. The van der Waals surface area contributed by atoms with E-state index in [0.29, 0.717) is 0 Å². The number of alkyl halides is 2. The molecule has 0 aromatic carbocycles. The van der Waals surface area contributed by atoms with Gasteiger partial charge in [0.1, 0.15) is 0 Å². The first kappa shape index (κ1) is 8.56. The molecule has 1 N–H and O–H groups in total. The minimum absolute atomic E-state index is 0.0289. The number of halogens is 2. The predicted octanol–water partition coefficient (Wildman–Crippen LogP) is 1.26. The van der Waals surface area contributed by atoms with Crippen molar-refractivity contribution in [2.75, 3.05) is 6.54 Å². The maximum absolute atomic E-state index is 10.4. The lowest BCUT2D eigenvalue weighted by molar-refractivity contribution is -0.132. The summed E-state index contributed by atoms with van der Waals surface area (Å²) in [5, 5.41) is 8.49. The van der Waals surface area contributed by atoms with Crippen LogP contribution in [0.2, 0.25) is 0 Å². The molecule has 0 fully saturated rings. The second-order valence-electron chi connectivity index (χ2n) is 2.14. The minimum Gasteiger partial charge on any atom is -0.478 e. The van der Waals surface area contributed by atoms with E-state index in [1.165, 1.54) is 12.3 Å². The number of aliphatic carboxylic acids is 1. The summed E-state index contributed by atoms with van der Waals surface area (Å²) < 4.78 is -1.16. The van der Waals surface area contributed by atoms with Gasteiger partial charge in [0, 0.05) is 6.21 Å². The number of carboxylic acid groups (broad SMARTS) is 1. The van der Waals surface area contributed by atoms with Crippen molar-refractivity contribution >= 4 is 35.4 Å². The first-order chi connectivity index (χ1) is 5.01. The van der Waals surface area contributed by atoms with E-state index in [0.717, 1.165) is 0 Å². The molecule has 1 aliphatic rings. The Bertz CT molecular complexity index is 245. The van der Waals surface area contributed by atoms with Crippen molar-refractivity contribution in [2.24, 2.45) is 4.99 Å². The number of carbonyl (C=O) groups is 1. The summed E-state index contributed by atoms with van der Waals surface area (Å²) in [6, 6.07) is 0. The molecule has 0 radical (unpaired) electrons. The van der Waals surface area contributed by atoms with Gasteiger partial charge in [0.15, 0.2) is 4.33 Å². The van der Waals surface area contributed by atoms with Crippen LogP contribution in [0.3, 0.4) is 0 Å². The monoisotopic (exact) mass is 193 g/mol. The van der Waals surface area contributed by atoms with Gasteiger partial charge in [0.25, 0.3) is 0 Å². The average Bonchev–Trinajstić information content (AvgIpc) is 1.85. The third-order valence-corrected chi connectivity index (χ3v) is 1.60. The Morgan fingerprint density at radius 3 is 2.73 bits per heavy atom. The highest BCUT2D eigenvalue weighted by Gasteiger charge is 2.25. The molecule has 1 rings (SSSR count). The van der Waals surface area contributed by atoms with Crippen molar-refractivity contribution in [1.29, 1.82) is 0 Å². The highest BCUT2D eigenvalue weighted by molar-refractivity contribution is 6.50. The van der Waals surface area contributed by atoms with Crippen LogP contribution in [0.15, 0.2) is 16.6 Å². The third kappa shape index (κ3) is 2.20. The third-order valence-electron chi connectivity index (χ3n) is 1.15. The number of rotatable bonds is 1. The summed E-state index contributed by atoms with van der Waals surface area (Å²) in [6.45, 7) is 0.201. The molecule has 0 aromatic heterocycles. The largest absolute Gasteiger partial charge is 0.478 e. The number of nitrogens with zero attached hydrogens (tertiary/aromatic N) is 1. The van der Waals surface area contributed by atoms with Gasteiger partial charge in [-0.1, -0.05) is 23.2 Å². The molecular formula is C6H5Cl2NO2. The molecule has 1 aliphatic heterocycles. The van der Waals surface area contributed by atoms with Crippen LogP contribution in [-0.4, -0.2) is 28.2 Å². The van der Waals surface area contributed by atoms with Crippen molar-refractivity contribution in [2.45, 2.75) is 4.33 Å². The summed E-state index contributed by atoms with van der Waals surface area (Å²) >= 11 is 11.2. The Morgan fingerprint density at radius 2 is 2.36 bits per heavy atom. The molecule has 0 saturated carbocycles. The lowest BCUT2D eigenvalue weighted by Gasteiger charge is -2.15. The highest BCUT2D eigenvalue weighted by Crippen LogP contribution is 2.26. The summed E-state index contributed by atoms with van der Waals surface area (Å²) in [5.41, 5.74) is 0.0289. The molecule has 3 nitrogen and oxygen atoms in total. The number of carboxylic acids is 1. The molecular weight excluding hydrogens is 189 g/mol. The van der Waals surface area contributed by atoms with E-state index in [2.05, 4.69) is 4.99 Å². The number of hydrogen-bond acceptors (Lipinski definition) is 2. The van der Waals surface area contributed by atoms with Crippen LogP contribution in [-0.2, 0) is 4.79 Å². The fraction of sp³-hybridized carbons (Fsp3) is 0.333. The van der Waals surface area contributed by atoms with E-state index in [-0.39, 0.29) is 12.1 Å². The molecule has 0 saturated heterocycles. The van der Waals surface area contributed by atoms with Gasteiger partial charge < -0.3 is 5.11 Å². The van der Waals surface area contributed by atoms with Crippen LogP contribution in [0, 0.1) is 0 Å². The van der Waals surface area contributed by atoms with Gasteiger partial charge in [0.2, 0.25) is 0 Å². The van der Waals surface area contributed by atoms with Crippen LogP contribution < -0.4 is 0 Å². The molecule has 0 aromatic rings. The fourth-order valence-corrected chi connectivity index (χ4v) is 1.07. The molecule has 0 aliphatic carbocycles. The molecule has 60 valence electrons. The van der Waals surface area contributed by atoms with Gasteiger partial charge in [-0.05, 0) is 6.08 Å².